The van der Waals surface area contributed by atoms with E-state index in [-0.39, 0.29) is 28.8 Å². The maximum absolute atomic E-state index is 13.6. The standard InChI is InChI=1S/C32H23ClFN3O4/c1-2-39-28-16-21(15-25(33)30(28)40-19-20-8-7-10-23(34)14-20)18-35-37-31(29-17-22-9-3-6-13-27(22)41-29)36-26-12-5-4-11-24(26)32(37)38/h3-18H,2,19H2,1H3. The summed E-state index contributed by atoms with van der Waals surface area (Å²) in [5.41, 5.74) is 2.05. The zero-order valence-electron chi connectivity index (χ0n) is 21.9. The largest absolute Gasteiger partial charge is 0.490 e. The zero-order chi connectivity index (χ0) is 28.3. The molecule has 0 amide bonds. The molecule has 6 rings (SSSR count). The van der Waals surface area contributed by atoms with Gasteiger partial charge in [-0.15, -0.1) is 0 Å². The second-order valence-electron chi connectivity index (χ2n) is 9.14. The van der Waals surface area contributed by atoms with Crippen LogP contribution in [0.5, 0.6) is 11.5 Å². The van der Waals surface area contributed by atoms with Crippen LogP contribution in [0, 0.1) is 5.82 Å². The van der Waals surface area contributed by atoms with Gasteiger partial charge in [-0.25, -0.2) is 9.37 Å². The Labute approximate surface area is 239 Å². The van der Waals surface area contributed by atoms with Crippen molar-refractivity contribution in [3.63, 3.8) is 0 Å². The Morgan fingerprint density at radius 3 is 2.66 bits per heavy atom. The molecule has 6 aromatic rings. The Balaban J connectivity index is 1.40. The first-order chi connectivity index (χ1) is 20.0. The lowest BCUT2D eigenvalue weighted by Gasteiger charge is -2.14. The molecule has 4 aromatic carbocycles. The summed E-state index contributed by atoms with van der Waals surface area (Å²) in [5, 5.41) is 6.07. The van der Waals surface area contributed by atoms with Crippen molar-refractivity contribution in [2.24, 2.45) is 5.10 Å². The summed E-state index contributed by atoms with van der Waals surface area (Å²) in [5.74, 6) is 1.02. The molecule has 0 aliphatic heterocycles. The maximum Gasteiger partial charge on any atom is 0.282 e. The Bertz CT molecular complexity index is 1950. The van der Waals surface area contributed by atoms with Crippen LogP contribution in [0.3, 0.4) is 0 Å². The molecule has 0 aliphatic rings. The Morgan fingerprint density at radius 2 is 1.83 bits per heavy atom. The minimum Gasteiger partial charge on any atom is -0.490 e. The molecule has 0 atom stereocenters. The van der Waals surface area contributed by atoms with Gasteiger partial charge < -0.3 is 13.9 Å². The number of hydrogen-bond donors (Lipinski definition) is 0. The third-order valence-corrected chi connectivity index (χ3v) is 6.61. The molecule has 0 aliphatic carbocycles. The van der Waals surface area contributed by atoms with Crippen LogP contribution >= 0.6 is 11.6 Å². The predicted octanol–water partition coefficient (Wildman–Crippen LogP) is 7.46. The van der Waals surface area contributed by atoms with E-state index in [0.717, 1.165) is 5.39 Å². The van der Waals surface area contributed by atoms with Gasteiger partial charge >= 0.3 is 0 Å². The van der Waals surface area contributed by atoms with E-state index in [9.17, 15) is 9.18 Å². The van der Waals surface area contributed by atoms with E-state index in [1.54, 1.807) is 42.5 Å². The van der Waals surface area contributed by atoms with Crippen LogP contribution < -0.4 is 15.0 Å². The number of fused-ring (bicyclic) bond motifs is 2. The molecule has 0 saturated carbocycles. The van der Waals surface area contributed by atoms with Crippen molar-refractivity contribution in [1.82, 2.24) is 9.66 Å². The van der Waals surface area contributed by atoms with Crippen molar-refractivity contribution >= 4 is 39.7 Å². The van der Waals surface area contributed by atoms with Gasteiger partial charge in [-0.3, -0.25) is 4.79 Å². The Morgan fingerprint density at radius 1 is 1.00 bits per heavy atom. The van der Waals surface area contributed by atoms with E-state index in [4.69, 9.17) is 30.5 Å². The van der Waals surface area contributed by atoms with E-state index in [1.807, 2.05) is 43.3 Å². The highest BCUT2D eigenvalue weighted by Gasteiger charge is 2.17. The number of para-hydroxylation sites is 2. The molecule has 2 heterocycles. The van der Waals surface area contributed by atoms with Gasteiger partial charge in [0.05, 0.1) is 28.7 Å². The summed E-state index contributed by atoms with van der Waals surface area (Å²) in [7, 11) is 0. The first-order valence-corrected chi connectivity index (χ1v) is 13.3. The lowest BCUT2D eigenvalue weighted by molar-refractivity contribution is 0.269. The number of ether oxygens (including phenoxy) is 2. The topological polar surface area (TPSA) is 78.9 Å². The number of halogens is 2. The molecule has 204 valence electrons. The average Bonchev–Trinajstić information content (AvgIpc) is 3.41. The van der Waals surface area contributed by atoms with Gasteiger partial charge in [0, 0.05) is 5.39 Å². The Kier molecular flexibility index (Phi) is 7.22. The fourth-order valence-corrected chi connectivity index (χ4v) is 4.73. The van der Waals surface area contributed by atoms with E-state index in [1.165, 1.54) is 23.0 Å². The van der Waals surface area contributed by atoms with Crippen LogP contribution in [0.15, 0.2) is 105 Å². The molecule has 0 saturated heterocycles. The van der Waals surface area contributed by atoms with Gasteiger partial charge in [0.1, 0.15) is 18.0 Å². The summed E-state index contributed by atoms with van der Waals surface area (Å²) in [6.07, 6.45) is 1.49. The van der Waals surface area contributed by atoms with Crippen LogP contribution in [-0.2, 0) is 6.61 Å². The second kappa shape index (κ2) is 11.3. The van der Waals surface area contributed by atoms with Crippen LogP contribution in [0.2, 0.25) is 5.02 Å². The summed E-state index contributed by atoms with van der Waals surface area (Å²) in [6.45, 7) is 2.30. The maximum atomic E-state index is 13.6. The third kappa shape index (κ3) is 5.42. The zero-order valence-corrected chi connectivity index (χ0v) is 22.6. The first-order valence-electron chi connectivity index (χ1n) is 12.9. The monoisotopic (exact) mass is 567 g/mol. The van der Waals surface area contributed by atoms with E-state index < -0.39 is 0 Å². The van der Waals surface area contributed by atoms with Gasteiger partial charge in [0.15, 0.2) is 17.3 Å². The van der Waals surface area contributed by atoms with Crippen LogP contribution in [0.1, 0.15) is 18.1 Å². The van der Waals surface area contributed by atoms with Gasteiger partial charge in [0.25, 0.3) is 5.56 Å². The van der Waals surface area contributed by atoms with Gasteiger partial charge in [-0.1, -0.05) is 54.1 Å². The number of furan rings is 1. The molecule has 0 fully saturated rings. The number of nitrogens with zero attached hydrogens (tertiary/aromatic N) is 3. The number of aromatic nitrogens is 2. The minimum atomic E-state index is -0.353. The summed E-state index contributed by atoms with van der Waals surface area (Å²) < 4.78 is 32.5. The molecule has 0 spiro atoms. The second-order valence-corrected chi connectivity index (χ2v) is 9.55. The van der Waals surface area contributed by atoms with Gasteiger partial charge in [-0.2, -0.15) is 9.78 Å². The van der Waals surface area contributed by atoms with E-state index in [0.29, 0.717) is 51.5 Å². The number of rotatable bonds is 8. The SMILES string of the molecule is CCOc1cc(C=Nn2c(-c3cc4ccccc4o3)nc3ccccc3c2=O)cc(Cl)c1OCc1cccc(F)c1. The molecule has 0 bridgehead atoms. The van der Waals surface area contributed by atoms with Crippen molar-refractivity contribution in [3.05, 3.63) is 123 Å². The Hall–Kier alpha value is -4.95. The van der Waals surface area contributed by atoms with Crippen molar-refractivity contribution in [2.75, 3.05) is 6.61 Å². The van der Waals surface area contributed by atoms with Crippen molar-refractivity contribution in [3.8, 4) is 23.1 Å². The third-order valence-electron chi connectivity index (χ3n) is 6.33. The molecule has 0 radical (unpaired) electrons. The van der Waals surface area contributed by atoms with Crippen molar-refractivity contribution in [1.29, 1.82) is 0 Å². The van der Waals surface area contributed by atoms with E-state index in [2.05, 4.69) is 5.10 Å². The molecule has 0 N–H and O–H groups in total. The molecule has 41 heavy (non-hydrogen) atoms. The lowest BCUT2D eigenvalue weighted by Crippen LogP contribution is -2.20. The average molecular weight is 568 g/mol. The highest BCUT2D eigenvalue weighted by Crippen LogP contribution is 2.37. The molecular formula is C32H23ClFN3O4. The minimum absolute atomic E-state index is 0.101. The fraction of sp³-hybridized carbons (Fsp3) is 0.0938. The van der Waals surface area contributed by atoms with Gasteiger partial charge in [0.2, 0.25) is 5.82 Å². The molecular weight excluding hydrogens is 545 g/mol. The van der Waals surface area contributed by atoms with Gasteiger partial charge in [-0.05, 0) is 66.6 Å². The number of hydrogen-bond acceptors (Lipinski definition) is 6. The quantitative estimate of drug-likeness (QED) is 0.178. The lowest BCUT2D eigenvalue weighted by atomic mass is 10.2. The highest BCUT2D eigenvalue weighted by molar-refractivity contribution is 6.32. The molecule has 2 aromatic heterocycles. The van der Waals surface area contributed by atoms with Crippen LogP contribution in [-0.4, -0.2) is 22.5 Å². The molecule has 0 unspecified atom stereocenters. The molecule has 9 heteroatoms. The fourth-order valence-electron chi connectivity index (χ4n) is 4.45. The van der Waals surface area contributed by atoms with Crippen molar-refractivity contribution in [2.45, 2.75) is 13.5 Å². The summed E-state index contributed by atoms with van der Waals surface area (Å²) in [6, 6.07) is 25.9. The first kappa shape index (κ1) is 26.3. The highest BCUT2D eigenvalue weighted by atomic mass is 35.5. The van der Waals surface area contributed by atoms with Crippen molar-refractivity contribution < 1.29 is 18.3 Å². The normalized spacial score (nSPS) is 11.5. The van der Waals surface area contributed by atoms with Crippen LogP contribution in [0.25, 0.3) is 33.5 Å². The smallest absolute Gasteiger partial charge is 0.282 e. The summed E-state index contributed by atoms with van der Waals surface area (Å²) >= 11 is 6.59. The van der Waals surface area contributed by atoms with Crippen LogP contribution in [0.4, 0.5) is 4.39 Å². The summed E-state index contributed by atoms with van der Waals surface area (Å²) in [4.78, 5) is 18.3. The van der Waals surface area contributed by atoms with E-state index >= 15 is 0 Å². The molecule has 7 nitrogen and oxygen atoms in total. The number of benzene rings is 4. The predicted molar refractivity (Wildman–Crippen MR) is 158 cm³/mol.